The van der Waals surface area contributed by atoms with Gasteiger partial charge in [0, 0.05) is 13.2 Å². The number of hydrogen-bond donors (Lipinski definition) is 2. The van der Waals surface area contributed by atoms with Crippen molar-refractivity contribution in [3.8, 4) is 0 Å². The molecule has 1 saturated heterocycles. The predicted molar refractivity (Wildman–Crippen MR) is 75.3 cm³/mol. The lowest BCUT2D eigenvalue weighted by molar-refractivity contribution is 0.00987. The van der Waals surface area contributed by atoms with E-state index in [0.717, 1.165) is 19.3 Å². The molecule has 0 unspecified atom stereocenters. The van der Waals surface area contributed by atoms with Gasteiger partial charge in [-0.3, -0.25) is 14.6 Å². The molecule has 1 amide bonds. The Balaban J connectivity index is 1.71. The number of ether oxygens (including phenoxy) is 1. The van der Waals surface area contributed by atoms with Crippen LogP contribution in [0.3, 0.4) is 0 Å². The van der Waals surface area contributed by atoms with Crippen molar-refractivity contribution in [3.05, 3.63) is 32.6 Å². The van der Waals surface area contributed by atoms with E-state index in [1.54, 1.807) is 0 Å². The fraction of sp³-hybridized carbons (Fsp3) is 0.643. The third-order valence-electron chi connectivity index (χ3n) is 4.41. The Hall–Kier alpha value is -1.89. The van der Waals surface area contributed by atoms with Crippen LogP contribution in [0.15, 0.2) is 15.8 Å². The standard InChI is InChI=1S/C14H19N3O4/c1-17-7-10(12(19)16-13(17)20)11(18)15-9-6-14(21-8-9)4-2-3-5-14/h7,9H,2-6,8H2,1H3,(H,15,18)(H,16,19,20)/t9-/m0/s1. The number of aryl methyl sites for hydroxylation is 1. The van der Waals surface area contributed by atoms with Gasteiger partial charge in [0.05, 0.1) is 18.2 Å². The summed E-state index contributed by atoms with van der Waals surface area (Å²) in [5.74, 6) is -0.463. The molecule has 0 bridgehead atoms. The largest absolute Gasteiger partial charge is 0.373 e. The van der Waals surface area contributed by atoms with E-state index in [4.69, 9.17) is 4.74 Å². The Labute approximate surface area is 121 Å². The molecule has 1 atom stereocenters. The van der Waals surface area contributed by atoms with Crippen molar-refractivity contribution >= 4 is 5.91 Å². The molecule has 1 aliphatic heterocycles. The average molecular weight is 293 g/mol. The highest BCUT2D eigenvalue weighted by Crippen LogP contribution is 2.40. The number of aromatic nitrogens is 2. The van der Waals surface area contributed by atoms with Crippen LogP contribution in [-0.4, -0.2) is 33.7 Å². The first-order valence-corrected chi connectivity index (χ1v) is 7.24. The minimum absolute atomic E-state index is 0.0514. The average Bonchev–Trinajstić information content (AvgIpc) is 3.05. The molecule has 3 rings (SSSR count). The van der Waals surface area contributed by atoms with Gasteiger partial charge in [0.1, 0.15) is 5.56 Å². The minimum atomic E-state index is -0.662. The number of rotatable bonds is 2. The predicted octanol–water partition coefficient (Wildman–Crippen LogP) is -0.0949. The number of H-pyrrole nitrogens is 1. The van der Waals surface area contributed by atoms with Crippen molar-refractivity contribution in [2.45, 2.75) is 43.7 Å². The molecule has 0 aromatic carbocycles. The molecule has 7 heteroatoms. The van der Waals surface area contributed by atoms with E-state index in [2.05, 4.69) is 10.3 Å². The van der Waals surface area contributed by atoms with Crippen LogP contribution in [0.25, 0.3) is 0 Å². The number of amides is 1. The smallest absolute Gasteiger partial charge is 0.328 e. The molecule has 2 heterocycles. The monoisotopic (exact) mass is 293 g/mol. The normalized spacial score (nSPS) is 23.6. The van der Waals surface area contributed by atoms with Gasteiger partial charge in [-0.2, -0.15) is 0 Å². The van der Waals surface area contributed by atoms with Crippen molar-refractivity contribution in [2.75, 3.05) is 6.61 Å². The van der Waals surface area contributed by atoms with Crippen LogP contribution in [0.2, 0.25) is 0 Å². The first-order chi connectivity index (χ1) is 9.99. The third-order valence-corrected chi connectivity index (χ3v) is 4.41. The summed E-state index contributed by atoms with van der Waals surface area (Å²) < 4.78 is 7.05. The summed E-state index contributed by atoms with van der Waals surface area (Å²) in [5, 5.41) is 2.83. The van der Waals surface area contributed by atoms with Gasteiger partial charge < -0.3 is 14.6 Å². The summed E-state index contributed by atoms with van der Waals surface area (Å²) in [6, 6.07) is -0.0766. The maximum Gasteiger partial charge on any atom is 0.328 e. The van der Waals surface area contributed by atoms with Gasteiger partial charge in [-0.1, -0.05) is 12.8 Å². The lowest BCUT2D eigenvalue weighted by Crippen LogP contribution is -2.41. The summed E-state index contributed by atoms with van der Waals surface area (Å²) in [6.07, 6.45) is 6.47. The van der Waals surface area contributed by atoms with Gasteiger partial charge in [-0.05, 0) is 19.3 Å². The Morgan fingerprint density at radius 1 is 1.43 bits per heavy atom. The Morgan fingerprint density at radius 3 is 2.86 bits per heavy atom. The highest BCUT2D eigenvalue weighted by atomic mass is 16.5. The molecule has 7 nitrogen and oxygen atoms in total. The van der Waals surface area contributed by atoms with Crippen LogP contribution in [0.4, 0.5) is 0 Å². The van der Waals surface area contributed by atoms with Gasteiger partial charge in [0.25, 0.3) is 11.5 Å². The van der Waals surface area contributed by atoms with Crippen molar-refractivity contribution in [1.29, 1.82) is 0 Å². The van der Waals surface area contributed by atoms with Crippen LogP contribution >= 0.6 is 0 Å². The first kappa shape index (κ1) is 14.1. The zero-order chi connectivity index (χ0) is 15.0. The number of nitrogens with zero attached hydrogens (tertiary/aromatic N) is 1. The maximum atomic E-state index is 12.2. The summed E-state index contributed by atoms with van der Waals surface area (Å²) in [4.78, 5) is 37.3. The van der Waals surface area contributed by atoms with E-state index in [-0.39, 0.29) is 17.2 Å². The van der Waals surface area contributed by atoms with E-state index in [1.807, 2.05) is 0 Å². The maximum absolute atomic E-state index is 12.2. The minimum Gasteiger partial charge on any atom is -0.373 e. The molecule has 1 spiro atoms. The van der Waals surface area contributed by atoms with Crippen molar-refractivity contribution in [3.63, 3.8) is 0 Å². The molecular formula is C14H19N3O4. The second-order valence-corrected chi connectivity index (χ2v) is 5.99. The summed E-state index contributed by atoms with van der Waals surface area (Å²) in [7, 11) is 1.49. The van der Waals surface area contributed by atoms with Gasteiger partial charge in [-0.25, -0.2) is 4.79 Å². The highest BCUT2D eigenvalue weighted by molar-refractivity contribution is 5.93. The summed E-state index contributed by atoms with van der Waals surface area (Å²) in [5.41, 5.74) is -1.33. The molecule has 21 heavy (non-hydrogen) atoms. The Kier molecular flexibility index (Phi) is 3.44. The van der Waals surface area contributed by atoms with Gasteiger partial charge in [-0.15, -0.1) is 0 Å². The highest BCUT2D eigenvalue weighted by Gasteiger charge is 2.42. The van der Waals surface area contributed by atoms with Crippen LogP contribution in [0.1, 0.15) is 42.5 Å². The second-order valence-electron chi connectivity index (χ2n) is 5.99. The van der Waals surface area contributed by atoms with E-state index < -0.39 is 17.2 Å². The molecule has 1 aliphatic carbocycles. The first-order valence-electron chi connectivity index (χ1n) is 7.24. The fourth-order valence-corrected chi connectivity index (χ4v) is 3.29. The fourth-order valence-electron chi connectivity index (χ4n) is 3.29. The Bertz CT molecular complexity index is 670. The molecule has 2 fully saturated rings. The molecule has 1 aromatic heterocycles. The van der Waals surface area contributed by atoms with E-state index in [1.165, 1.54) is 30.7 Å². The molecule has 114 valence electrons. The van der Waals surface area contributed by atoms with Gasteiger partial charge in [0.15, 0.2) is 0 Å². The lowest BCUT2D eigenvalue weighted by atomic mass is 9.96. The number of carbonyl (C=O) groups excluding carboxylic acids is 1. The number of aromatic amines is 1. The molecule has 1 aromatic rings. The zero-order valence-electron chi connectivity index (χ0n) is 12.0. The van der Waals surface area contributed by atoms with Crippen LogP contribution < -0.4 is 16.6 Å². The third kappa shape index (κ3) is 2.65. The van der Waals surface area contributed by atoms with Crippen LogP contribution in [0.5, 0.6) is 0 Å². The van der Waals surface area contributed by atoms with Gasteiger partial charge >= 0.3 is 5.69 Å². The number of carbonyl (C=O) groups is 1. The topological polar surface area (TPSA) is 93.2 Å². The van der Waals surface area contributed by atoms with Crippen molar-refractivity contribution in [1.82, 2.24) is 14.9 Å². The number of hydrogen-bond acceptors (Lipinski definition) is 4. The molecular weight excluding hydrogens is 274 g/mol. The zero-order valence-corrected chi connectivity index (χ0v) is 12.0. The van der Waals surface area contributed by atoms with Gasteiger partial charge in [0.2, 0.25) is 0 Å². The summed E-state index contributed by atoms with van der Waals surface area (Å²) >= 11 is 0. The molecule has 1 saturated carbocycles. The molecule has 0 radical (unpaired) electrons. The molecule has 2 aliphatic rings. The molecule has 2 N–H and O–H groups in total. The van der Waals surface area contributed by atoms with E-state index in [9.17, 15) is 14.4 Å². The lowest BCUT2D eigenvalue weighted by Gasteiger charge is -2.21. The van der Waals surface area contributed by atoms with Crippen molar-refractivity contribution in [2.24, 2.45) is 7.05 Å². The van der Waals surface area contributed by atoms with Crippen LogP contribution in [-0.2, 0) is 11.8 Å². The Morgan fingerprint density at radius 2 is 2.14 bits per heavy atom. The number of nitrogens with one attached hydrogen (secondary N) is 2. The quantitative estimate of drug-likeness (QED) is 0.796. The van der Waals surface area contributed by atoms with E-state index >= 15 is 0 Å². The van der Waals surface area contributed by atoms with Crippen LogP contribution in [0, 0.1) is 0 Å². The van der Waals surface area contributed by atoms with Crippen molar-refractivity contribution < 1.29 is 9.53 Å². The summed E-state index contributed by atoms with van der Waals surface area (Å²) in [6.45, 7) is 0.482. The SMILES string of the molecule is Cn1cc(C(=O)N[C@@H]2COC3(CCCC3)C2)c(=O)[nH]c1=O. The second kappa shape index (κ2) is 5.14. The van der Waals surface area contributed by atoms with E-state index in [0.29, 0.717) is 6.61 Å².